The molecule has 0 amide bonds. The number of thiophene rings is 1. The van der Waals surface area contributed by atoms with Crippen LogP contribution in [0.2, 0.25) is 0 Å². The van der Waals surface area contributed by atoms with Crippen molar-refractivity contribution in [3.05, 3.63) is 56.5 Å². The van der Waals surface area contributed by atoms with Crippen molar-refractivity contribution in [1.29, 1.82) is 0 Å². The number of nitrogens with zero attached hydrogens (tertiary/aromatic N) is 3. The third-order valence-electron chi connectivity index (χ3n) is 6.58. The van der Waals surface area contributed by atoms with E-state index < -0.39 is 0 Å². The van der Waals surface area contributed by atoms with E-state index in [2.05, 4.69) is 11.8 Å². The highest BCUT2D eigenvalue weighted by molar-refractivity contribution is 7.19. The van der Waals surface area contributed by atoms with Crippen LogP contribution in [-0.2, 0) is 30.5 Å². The van der Waals surface area contributed by atoms with Crippen molar-refractivity contribution >= 4 is 32.5 Å². The van der Waals surface area contributed by atoms with Gasteiger partial charge in [-0.2, -0.15) is 4.98 Å². The molecule has 1 aliphatic heterocycles. The number of hydrogen-bond acceptors (Lipinski definition) is 8. The van der Waals surface area contributed by atoms with Crippen LogP contribution in [0.4, 0.5) is 0 Å². The largest absolute Gasteiger partial charge is 0.438 e. The van der Waals surface area contributed by atoms with E-state index in [9.17, 15) is 4.79 Å². The number of ether oxygens (including phenoxy) is 2. The van der Waals surface area contributed by atoms with Crippen molar-refractivity contribution in [3.8, 4) is 11.6 Å². The summed E-state index contributed by atoms with van der Waals surface area (Å²) in [6.07, 6.45) is 5.08. The van der Waals surface area contributed by atoms with Gasteiger partial charge in [0, 0.05) is 35.5 Å². The Kier molecular flexibility index (Phi) is 5.80. The first-order valence-corrected chi connectivity index (χ1v) is 12.9. The molecule has 176 valence electrons. The quantitative estimate of drug-likeness (QED) is 0.367. The van der Waals surface area contributed by atoms with E-state index in [0.717, 1.165) is 85.4 Å². The lowest BCUT2D eigenvalue weighted by Gasteiger charge is -2.25. The summed E-state index contributed by atoms with van der Waals surface area (Å²) in [6, 6.07) is 7.30. The van der Waals surface area contributed by atoms with Gasteiger partial charge in [0.2, 0.25) is 5.88 Å². The molecule has 0 N–H and O–H groups in total. The molecule has 4 heterocycles. The molecule has 0 atom stereocenters. The van der Waals surface area contributed by atoms with Gasteiger partial charge in [-0.1, -0.05) is 13.3 Å². The number of benzene rings is 1. The number of fused-ring (bicyclic) bond motifs is 4. The lowest BCUT2D eigenvalue weighted by molar-refractivity contribution is 0.0330. The van der Waals surface area contributed by atoms with Crippen LogP contribution < -0.4 is 10.4 Å². The van der Waals surface area contributed by atoms with Crippen LogP contribution in [0.5, 0.6) is 11.6 Å². The summed E-state index contributed by atoms with van der Waals surface area (Å²) in [5.74, 6) is 1.97. The Morgan fingerprint density at radius 3 is 2.88 bits per heavy atom. The van der Waals surface area contributed by atoms with E-state index in [-0.39, 0.29) is 5.63 Å². The van der Waals surface area contributed by atoms with E-state index in [4.69, 9.17) is 23.9 Å². The third kappa shape index (κ3) is 4.10. The average molecular weight is 478 g/mol. The predicted molar refractivity (Wildman–Crippen MR) is 132 cm³/mol. The molecule has 0 spiro atoms. The Balaban J connectivity index is 1.40. The highest BCUT2D eigenvalue weighted by Gasteiger charge is 2.24. The van der Waals surface area contributed by atoms with E-state index in [1.807, 2.05) is 12.1 Å². The maximum atomic E-state index is 12.1. The maximum absolute atomic E-state index is 12.1. The van der Waals surface area contributed by atoms with Crippen molar-refractivity contribution in [3.63, 3.8) is 0 Å². The molecule has 1 aromatic carbocycles. The van der Waals surface area contributed by atoms with Gasteiger partial charge < -0.3 is 13.9 Å². The average Bonchev–Trinajstić information content (AvgIpc) is 3.41. The summed E-state index contributed by atoms with van der Waals surface area (Å²) in [5.41, 5.74) is 2.54. The summed E-state index contributed by atoms with van der Waals surface area (Å²) in [5, 5.41) is 1.98. The molecule has 8 heteroatoms. The number of morpholine rings is 1. The van der Waals surface area contributed by atoms with E-state index >= 15 is 0 Å². The van der Waals surface area contributed by atoms with Crippen molar-refractivity contribution in [1.82, 2.24) is 14.9 Å². The number of aryl methyl sites for hydroxylation is 3. The highest BCUT2D eigenvalue weighted by Crippen LogP contribution is 2.42. The Bertz CT molecular complexity index is 1420. The molecule has 7 nitrogen and oxygen atoms in total. The standard InChI is InChI=1S/C26H27N3O4S/c1-2-4-16-13-23(30)33-20-14-17(7-8-18(16)20)32-25-24-19-5-3-6-21(19)34-26(24)28-22(27-25)15-29-9-11-31-12-10-29/h7-8,13-14H,2-6,9-12,15H2,1H3. The molecule has 0 bridgehead atoms. The second-order valence-corrected chi connectivity index (χ2v) is 10.1. The molecule has 3 aromatic heterocycles. The zero-order chi connectivity index (χ0) is 23.1. The van der Waals surface area contributed by atoms with Gasteiger partial charge in [-0.3, -0.25) is 4.90 Å². The van der Waals surface area contributed by atoms with Crippen molar-refractivity contribution in [2.24, 2.45) is 0 Å². The SMILES string of the molecule is CCCc1cc(=O)oc2cc(Oc3nc(CN4CCOCC4)nc4sc5c(c34)CCC5)ccc12. The fraction of sp³-hybridized carbons (Fsp3) is 0.423. The molecule has 0 saturated carbocycles. The Morgan fingerprint density at radius 1 is 1.15 bits per heavy atom. The van der Waals surface area contributed by atoms with E-state index in [1.54, 1.807) is 23.5 Å². The van der Waals surface area contributed by atoms with Crippen LogP contribution in [0, 0.1) is 0 Å². The first-order valence-electron chi connectivity index (χ1n) is 12.0. The summed E-state index contributed by atoms with van der Waals surface area (Å²) in [6.45, 7) is 6.00. The third-order valence-corrected chi connectivity index (χ3v) is 7.77. The molecule has 1 aliphatic carbocycles. The minimum absolute atomic E-state index is 0.332. The van der Waals surface area contributed by atoms with Gasteiger partial charge in [0.15, 0.2) is 0 Å². The predicted octanol–water partition coefficient (Wildman–Crippen LogP) is 4.86. The van der Waals surface area contributed by atoms with Gasteiger partial charge in [0.25, 0.3) is 0 Å². The first kappa shape index (κ1) is 21.7. The van der Waals surface area contributed by atoms with Gasteiger partial charge >= 0.3 is 5.63 Å². The van der Waals surface area contributed by atoms with Gasteiger partial charge in [-0.25, -0.2) is 9.78 Å². The smallest absolute Gasteiger partial charge is 0.336 e. The zero-order valence-electron chi connectivity index (χ0n) is 19.3. The summed E-state index contributed by atoms with van der Waals surface area (Å²) in [4.78, 5) is 26.6. The number of rotatable bonds is 6. The van der Waals surface area contributed by atoms with Gasteiger partial charge in [-0.15, -0.1) is 11.3 Å². The van der Waals surface area contributed by atoms with Crippen molar-refractivity contribution in [2.75, 3.05) is 26.3 Å². The van der Waals surface area contributed by atoms with E-state index in [0.29, 0.717) is 23.8 Å². The van der Waals surface area contributed by atoms with Crippen molar-refractivity contribution in [2.45, 2.75) is 45.6 Å². The fourth-order valence-corrected chi connectivity index (χ4v) is 6.24. The summed E-state index contributed by atoms with van der Waals surface area (Å²) < 4.78 is 17.4. The molecule has 0 unspecified atom stereocenters. The molecular weight excluding hydrogens is 450 g/mol. The van der Waals surface area contributed by atoms with Gasteiger partial charge in [0.1, 0.15) is 22.0 Å². The Hall–Kier alpha value is -2.81. The van der Waals surface area contributed by atoms with Crippen LogP contribution in [0.25, 0.3) is 21.2 Å². The normalized spacial score (nSPS) is 16.4. The minimum Gasteiger partial charge on any atom is -0.438 e. The minimum atomic E-state index is -0.332. The number of aromatic nitrogens is 2. The molecule has 1 fully saturated rings. The second-order valence-electron chi connectivity index (χ2n) is 8.97. The molecule has 6 rings (SSSR count). The lowest BCUT2D eigenvalue weighted by atomic mass is 10.1. The molecule has 1 saturated heterocycles. The molecule has 0 radical (unpaired) electrons. The molecular formula is C26H27N3O4S. The Labute approximate surface area is 201 Å². The van der Waals surface area contributed by atoms with Crippen LogP contribution in [0.1, 0.15) is 41.6 Å². The zero-order valence-corrected chi connectivity index (χ0v) is 20.1. The molecule has 34 heavy (non-hydrogen) atoms. The number of hydrogen-bond donors (Lipinski definition) is 0. The van der Waals surface area contributed by atoms with Crippen LogP contribution in [-0.4, -0.2) is 41.2 Å². The summed E-state index contributed by atoms with van der Waals surface area (Å²) >= 11 is 1.77. The molecule has 2 aliphatic rings. The van der Waals surface area contributed by atoms with Crippen molar-refractivity contribution < 1.29 is 13.9 Å². The van der Waals surface area contributed by atoms with E-state index in [1.165, 1.54) is 10.4 Å². The first-order chi connectivity index (χ1) is 16.7. The van der Waals surface area contributed by atoms with Gasteiger partial charge in [-0.05, 0) is 48.9 Å². The van der Waals surface area contributed by atoms with Gasteiger partial charge in [0.05, 0.1) is 25.1 Å². The van der Waals surface area contributed by atoms with Crippen LogP contribution in [0.15, 0.2) is 33.5 Å². The highest BCUT2D eigenvalue weighted by atomic mass is 32.1. The lowest BCUT2D eigenvalue weighted by Crippen LogP contribution is -2.36. The van der Waals surface area contributed by atoms with Crippen LogP contribution >= 0.6 is 11.3 Å². The molecule has 4 aromatic rings. The summed E-state index contributed by atoms with van der Waals surface area (Å²) in [7, 11) is 0. The topological polar surface area (TPSA) is 77.7 Å². The fourth-order valence-electron chi connectivity index (χ4n) is 4.97. The van der Waals surface area contributed by atoms with Crippen LogP contribution in [0.3, 0.4) is 0 Å². The Morgan fingerprint density at radius 2 is 2.03 bits per heavy atom. The monoisotopic (exact) mass is 477 g/mol. The second kappa shape index (κ2) is 9.09. The maximum Gasteiger partial charge on any atom is 0.336 e.